The Hall–Kier alpha value is -2.41. The van der Waals surface area contributed by atoms with Crippen LogP contribution in [0, 0.1) is 6.92 Å². The quantitative estimate of drug-likeness (QED) is 0.802. The topological polar surface area (TPSA) is 97.1 Å². The molecule has 2 rings (SSSR count). The lowest BCUT2D eigenvalue weighted by molar-refractivity contribution is 0.103. The fraction of sp³-hybridized carbons (Fsp3) is 0.312. The second kappa shape index (κ2) is 6.37. The molecule has 1 heterocycles. The fourth-order valence-corrected chi connectivity index (χ4v) is 2.91. The molecule has 0 spiro atoms. The lowest BCUT2D eigenvalue weighted by Crippen LogP contribution is -2.19. The molecule has 0 unspecified atom stereocenters. The number of nitrogens with one attached hydrogen (secondary N) is 2. The molecule has 4 N–H and O–H groups in total. The van der Waals surface area contributed by atoms with E-state index in [4.69, 9.17) is 5.73 Å². The molecule has 0 atom stereocenters. The molecule has 3 amide bonds. The normalized spacial score (nSPS) is 11.1. The zero-order chi connectivity index (χ0) is 17.2. The van der Waals surface area contributed by atoms with Gasteiger partial charge in [-0.1, -0.05) is 20.8 Å². The number of anilines is 2. The molecule has 0 saturated carbocycles. The van der Waals surface area contributed by atoms with E-state index in [0.29, 0.717) is 16.3 Å². The standard InChI is InChI=1S/C16H20N4O2S/c1-9-12(23-14(18-9)16(2,3)4)13(21)19-10-5-7-11(8-6-10)20-15(17)22/h5-8H,1-4H3,(H,19,21)(H3,17,20,22). The van der Waals surface area contributed by atoms with Crippen molar-refractivity contribution in [3.05, 3.63) is 39.8 Å². The summed E-state index contributed by atoms with van der Waals surface area (Å²) in [6.07, 6.45) is 0. The van der Waals surface area contributed by atoms with Gasteiger partial charge in [-0.15, -0.1) is 11.3 Å². The second-order valence-electron chi connectivity index (χ2n) is 6.20. The summed E-state index contributed by atoms with van der Waals surface area (Å²) in [6.45, 7) is 8.03. The minimum atomic E-state index is -0.628. The Labute approximate surface area is 139 Å². The third kappa shape index (κ3) is 4.29. The van der Waals surface area contributed by atoms with E-state index in [0.717, 1.165) is 10.7 Å². The summed E-state index contributed by atoms with van der Waals surface area (Å²) in [4.78, 5) is 28.3. The highest BCUT2D eigenvalue weighted by atomic mass is 32.1. The number of thiazole rings is 1. The number of urea groups is 1. The third-order valence-corrected chi connectivity index (χ3v) is 4.64. The number of benzene rings is 1. The Morgan fingerprint density at radius 3 is 2.04 bits per heavy atom. The van der Waals surface area contributed by atoms with Crippen LogP contribution in [-0.2, 0) is 5.41 Å². The van der Waals surface area contributed by atoms with Gasteiger partial charge >= 0.3 is 6.03 Å². The van der Waals surface area contributed by atoms with Crippen molar-refractivity contribution in [3.8, 4) is 0 Å². The Morgan fingerprint density at radius 2 is 1.61 bits per heavy atom. The number of nitrogens with zero attached hydrogens (tertiary/aromatic N) is 1. The van der Waals surface area contributed by atoms with Gasteiger partial charge in [0.15, 0.2) is 0 Å². The zero-order valence-corrected chi connectivity index (χ0v) is 14.4. The predicted molar refractivity (Wildman–Crippen MR) is 93.2 cm³/mol. The van der Waals surface area contributed by atoms with Crippen LogP contribution in [0.4, 0.5) is 16.2 Å². The number of aryl methyl sites for hydroxylation is 1. The maximum absolute atomic E-state index is 12.4. The molecule has 6 nitrogen and oxygen atoms in total. The van der Waals surface area contributed by atoms with Gasteiger partial charge in [-0.05, 0) is 31.2 Å². The van der Waals surface area contributed by atoms with E-state index in [9.17, 15) is 9.59 Å². The molecule has 122 valence electrons. The highest BCUT2D eigenvalue weighted by Gasteiger charge is 2.23. The maximum Gasteiger partial charge on any atom is 0.316 e. The first kappa shape index (κ1) is 17.0. The van der Waals surface area contributed by atoms with Gasteiger partial charge in [0.2, 0.25) is 0 Å². The van der Waals surface area contributed by atoms with Crippen LogP contribution in [0.3, 0.4) is 0 Å². The Kier molecular flexibility index (Phi) is 4.70. The lowest BCUT2D eigenvalue weighted by Gasteiger charge is -2.13. The first-order chi connectivity index (χ1) is 10.7. The monoisotopic (exact) mass is 332 g/mol. The van der Waals surface area contributed by atoms with E-state index < -0.39 is 6.03 Å². The molecule has 2 aromatic rings. The van der Waals surface area contributed by atoms with Crippen molar-refractivity contribution in [2.24, 2.45) is 5.73 Å². The molecular formula is C16H20N4O2S. The van der Waals surface area contributed by atoms with Gasteiger partial charge in [0.1, 0.15) is 4.88 Å². The van der Waals surface area contributed by atoms with Crippen molar-refractivity contribution in [3.63, 3.8) is 0 Å². The van der Waals surface area contributed by atoms with Crippen LogP contribution in [0.25, 0.3) is 0 Å². The van der Waals surface area contributed by atoms with Crippen molar-refractivity contribution >= 4 is 34.6 Å². The first-order valence-electron chi connectivity index (χ1n) is 7.12. The highest BCUT2D eigenvalue weighted by Crippen LogP contribution is 2.29. The van der Waals surface area contributed by atoms with E-state index in [2.05, 4.69) is 36.4 Å². The Balaban J connectivity index is 2.13. The molecule has 0 fully saturated rings. The molecule has 0 radical (unpaired) electrons. The number of amides is 3. The van der Waals surface area contributed by atoms with Crippen molar-refractivity contribution in [1.82, 2.24) is 4.98 Å². The predicted octanol–water partition coefficient (Wildman–Crippen LogP) is 3.49. The van der Waals surface area contributed by atoms with Crippen LogP contribution >= 0.6 is 11.3 Å². The van der Waals surface area contributed by atoms with Crippen LogP contribution in [0.2, 0.25) is 0 Å². The summed E-state index contributed by atoms with van der Waals surface area (Å²) in [5.74, 6) is -0.189. The molecule has 0 aliphatic rings. The number of aromatic nitrogens is 1. The van der Waals surface area contributed by atoms with E-state index in [1.807, 2.05) is 6.92 Å². The summed E-state index contributed by atoms with van der Waals surface area (Å²) < 4.78 is 0. The molecule has 23 heavy (non-hydrogen) atoms. The highest BCUT2D eigenvalue weighted by molar-refractivity contribution is 7.14. The Bertz CT molecular complexity index is 730. The van der Waals surface area contributed by atoms with Crippen LogP contribution in [0.5, 0.6) is 0 Å². The number of rotatable bonds is 3. The minimum absolute atomic E-state index is 0.0873. The van der Waals surface area contributed by atoms with E-state index in [1.165, 1.54) is 11.3 Å². The third-order valence-electron chi connectivity index (χ3n) is 3.05. The summed E-state index contributed by atoms with van der Waals surface area (Å²) in [7, 11) is 0. The SMILES string of the molecule is Cc1nc(C(C)(C)C)sc1C(=O)Nc1ccc(NC(N)=O)cc1. The number of nitrogens with two attached hydrogens (primary N) is 1. The largest absolute Gasteiger partial charge is 0.351 e. The van der Waals surface area contributed by atoms with Gasteiger partial charge in [-0.3, -0.25) is 4.79 Å². The van der Waals surface area contributed by atoms with Crippen molar-refractivity contribution < 1.29 is 9.59 Å². The number of primary amides is 1. The van der Waals surface area contributed by atoms with E-state index in [-0.39, 0.29) is 11.3 Å². The fourth-order valence-electron chi connectivity index (χ4n) is 1.89. The number of carbonyl (C=O) groups is 2. The molecular weight excluding hydrogens is 312 g/mol. The number of hydrogen-bond acceptors (Lipinski definition) is 4. The molecule has 0 aliphatic carbocycles. The average Bonchev–Trinajstić information content (AvgIpc) is 2.82. The zero-order valence-electron chi connectivity index (χ0n) is 13.6. The van der Waals surface area contributed by atoms with Gasteiger partial charge in [0, 0.05) is 16.8 Å². The van der Waals surface area contributed by atoms with E-state index >= 15 is 0 Å². The molecule has 0 saturated heterocycles. The molecule has 7 heteroatoms. The average molecular weight is 332 g/mol. The summed E-state index contributed by atoms with van der Waals surface area (Å²) >= 11 is 1.41. The van der Waals surface area contributed by atoms with Gasteiger partial charge < -0.3 is 16.4 Å². The van der Waals surface area contributed by atoms with Gasteiger partial charge in [-0.2, -0.15) is 0 Å². The summed E-state index contributed by atoms with van der Waals surface area (Å²) in [6, 6.07) is 6.10. The summed E-state index contributed by atoms with van der Waals surface area (Å²) in [5, 5.41) is 6.23. The molecule has 1 aromatic carbocycles. The summed E-state index contributed by atoms with van der Waals surface area (Å²) in [5.41, 5.74) is 6.89. The second-order valence-corrected chi connectivity index (χ2v) is 7.20. The minimum Gasteiger partial charge on any atom is -0.351 e. The van der Waals surface area contributed by atoms with E-state index in [1.54, 1.807) is 24.3 Å². The smallest absolute Gasteiger partial charge is 0.316 e. The van der Waals surface area contributed by atoms with Gasteiger partial charge in [0.25, 0.3) is 5.91 Å². The molecule has 0 bridgehead atoms. The first-order valence-corrected chi connectivity index (χ1v) is 7.94. The van der Waals surface area contributed by atoms with Crippen LogP contribution in [0.15, 0.2) is 24.3 Å². The molecule has 0 aliphatic heterocycles. The van der Waals surface area contributed by atoms with Crippen LogP contribution < -0.4 is 16.4 Å². The molecule has 1 aromatic heterocycles. The number of hydrogen-bond donors (Lipinski definition) is 3. The van der Waals surface area contributed by atoms with Crippen molar-refractivity contribution in [2.75, 3.05) is 10.6 Å². The van der Waals surface area contributed by atoms with Crippen LogP contribution in [-0.4, -0.2) is 16.9 Å². The maximum atomic E-state index is 12.4. The van der Waals surface area contributed by atoms with Crippen molar-refractivity contribution in [1.29, 1.82) is 0 Å². The van der Waals surface area contributed by atoms with Crippen molar-refractivity contribution in [2.45, 2.75) is 33.1 Å². The van der Waals surface area contributed by atoms with Gasteiger partial charge in [0.05, 0.1) is 10.7 Å². The lowest BCUT2D eigenvalue weighted by atomic mass is 9.98. The van der Waals surface area contributed by atoms with Gasteiger partial charge in [-0.25, -0.2) is 9.78 Å². The number of carbonyl (C=O) groups excluding carboxylic acids is 2. The van der Waals surface area contributed by atoms with Crippen LogP contribution in [0.1, 0.15) is 41.1 Å². The Morgan fingerprint density at radius 1 is 1.09 bits per heavy atom.